The van der Waals surface area contributed by atoms with Crippen LogP contribution in [-0.2, 0) is 32.5 Å². The zero-order valence-electron chi connectivity index (χ0n) is 20.0. The Morgan fingerprint density at radius 2 is 1.97 bits per heavy atom. The molecule has 0 atom stereocenters. The fraction of sp³-hybridized carbons (Fsp3) is 0.375. The number of sulfonamides is 1. The molecule has 4 rings (SSSR count). The summed E-state index contributed by atoms with van der Waals surface area (Å²) in [6.45, 7) is 1.48. The lowest BCUT2D eigenvalue weighted by atomic mass is 10.1. The van der Waals surface area contributed by atoms with Crippen LogP contribution in [0.15, 0.2) is 51.9 Å². The van der Waals surface area contributed by atoms with Crippen molar-refractivity contribution < 1.29 is 27.2 Å². The van der Waals surface area contributed by atoms with E-state index in [0.29, 0.717) is 60.4 Å². The number of carbonyl (C=O) groups is 1. The van der Waals surface area contributed by atoms with Gasteiger partial charge in [0, 0.05) is 37.1 Å². The number of methoxy groups -OCH3 is 1. The van der Waals surface area contributed by atoms with E-state index in [4.69, 9.17) is 25.6 Å². The maximum absolute atomic E-state index is 13.0. The molecule has 0 spiro atoms. The van der Waals surface area contributed by atoms with E-state index in [-0.39, 0.29) is 29.7 Å². The molecule has 2 aromatic carbocycles. The van der Waals surface area contributed by atoms with Crippen molar-refractivity contribution in [2.75, 3.05) is 40.5 Å². The average Bonchev–Trinajstić information content (AvgIpc) is 3.36. The summed E-state index contributed by atoms with van der Waals surface area (Å²) in [7, 11) is -0.511. The Morgan fingerprint density at radius 1 is 1.19 bits per heavy atom. The number of nitrogens with zero attached hydrogens (tertiary/aromatic N) is 4. The van der Waals surface area contributed by atoms with Crippen molar-refractivity contribution in [3.63, 3.8) is 0 Å². The van der Waals surface area contributed by atoms with Gasteiger partial charge in [0.25, 0.3) is 0 Å². The molecule has 0 bridgehead atoms. The van der Waals surface area contributed by atoms with Crippen molar-refractivity contribution in [3.8, 4) is 17.1 Å². The second-order valence-corrected chi connectivity index (χ2v) is 10.6. The number of aromatic nitrogens is 2. The number of amides is 1. The topological polar surface area (TPSA) is 115 Å². The Labute approximate surface area is 214 Å². The molecule has 2 heterocycles. The molecule has 192 valence electrons. The molecule has 3 aromatic rings. The van der Waals surface area contributed by atoms with Gasteiger partial charge in [-0.15, -0.1) is 0 Å². The second-order valence-electron chi connectivity index (χ2n) is 8.26. The number of hydrogen-bond acceptors (Lipinski definition) is 8. The molecule has 12 heteroatoms. The molecule has 1 amide bonds. The van der Waals surface area contributed by atoms with Gasteiger partial charge in [-0.3, -0.25) is 4.79 Å². The monoisotopic (exact) mass is 534 g/mol. The van der Waals surface area contributed by atoms with E-state index < -0.39 is 10.0 Å². The Bertz CT molecular complexity index is 1320. The number of benzene rings is 2. The molecular weight excluding hydrogens is 508 g/mol. The first-order valence-electron chi connectivity index (χ1n) is 11.3. The summed E-state index contributed by atoms with van der Waals surface area (Å²) in [6.07, 6.45) is 0.444. The first-order valence-corrected chi connectivity index (χ1v) is 13.2. The fourth-order valence-corrected chi connectivity index (χ4v) is 5.48. The van der Waals surface area contributed by atoms with Gasteiger partial charge in [-0.1, -0.05) is 28.9 Å². The lowest BCUT2D eigenvalue weighted by Gasteiger charge is -2.26. The summed E-state index contributed by atoms with van der Waals surface area (Å²) >= 11 is 6.02. The van der Waals surface area contributed by atoms with E-state index in [1.807, 2.05) is 6.07 Å². The molecule has 10 nitrogen and oxygen atoms in total. The number of carbonyl (C=O) groups excluding carboxylic acids is 1. The van der Waals surface area contributed by atoms with Crippen LogP contribution in [0.5, 0.6) is 5.75 Å². The van der Waals surface area contributed by atoms with E-state index in [0.717, 1.165) is 0 Å². The molecule has 1 aliphatic heterocycles. The third-order valence-corrected chi connectivity index (χ3v) is 7.95. The van der Waals surface area contributed by atoms with E-state index in [1.54, 1.807) is 37.4 Å². The molecule has 0 saturated carbocycles. The maximum Gasteiger partial charge on any atom is 0.246 e. The van der Waals surface area contributed by atoms with Gasteiger partial charge in [0.1, 0.15) is 5.75 Å². The SMILES string of the molecule is COc1ccc(S(=O)(=O)N2CCOCC2)cc1CCC(=O)N(C)Cc1nc(-c2cccc(Cl)c2)no1. The van der Waals surface area contributed by atoms with Crippen molar-refractivity contribution in [1.29, 1.82) is 0 Å². The highest BCUT2D eigenvalue weighted by molar-refractivity contribution is 7.89. The summed E-state index contributed by atoms with van der Waals surface area (Å²) < 4.78 is 43.4. The quantitative estimate of drug-likeness (QED) is 0.411. The van der Waals surface area contributed by atoms with Crippen molar-refractivity contribution in [3.05, 3.63) is 58.9 Å². The van der Waals surface area contributed by atoms with Gasteiger partial charge in [0.15, 0.2) is 0 Å². The molecule has 1 fully saturated rings. The van der Waals surface area contributed by atoms with E-state index in [2.05, 4.69) is 10.1 Å². The van der Waals surface area contributed by atoms with Crippen LogP contribution in [0.2, 0.25) is 5.02 Å². The average molecular weight is 535 g/mol. The largest absolute Gasteiger partial charge is 0.496 e. The van der Waals surface area contributed by atoms with Crippen molar-refractivity contribution in [1.82, 2.24) is 19.3 Å². The minimum atomic E-state index is -3.66. The van der Waals surface area contributed by atoms with Gasteiger partial charge in [-0.05, 0) is 42.3 Å². The summed E-state index contributed by atoms with van der Waals surface area (Å²) in [4.78, 5) is 18.8. The normalized spacial score (nSPS) is 14.5. The third-order valence-electron chi connectivity index (χ3n) is 5.82. The van der Waals surface area contributed by atoms with Gasteiger partial charge in [0.05, 0.1) is 31.8 Å². The zero-order chi connectivity index (χ0) is 25.7. The lowest BCUT2D eigenvalue weighted by molar-refractivity contribution is -0.130. The Balaban J connectivity index is 1.40. The molecule has 0 aliphatic carbocycles. The van der Waals surface area contributed by atoms with Crippen molar-refractivity contribution >= 4 is 27.5 Å². The Kier molecular flexibility index (Phi) is 8.24. The molecule has 1 saturated heterocycles. The highest BCUT2D eigenvalue weighted by Crippen LogP contribution is 2.26. The van der Waals surface area contributed by atoms with Gasteiger partial charge < -0.3 is 18.9 Å². The molecule has 0 radical (unpaired) electrons. The Morgan fingerprint density at radius 3 is 2.69 bits per heavy atom. The van der Waals surface area contributed by atoms with Crippen molar-refractivity contribution in [2.24, 2.45) is 0 Å². The molecule has 0 N–H and O–H groups in total. The lowest BCUT2D eigenvalue weighted by Crippen LogP contribution is -2.40. The first-order chi connectivity index (χ1) is 17.3. The van der Waals surface area contributed by atoms with Crippen LogP contribution in [0.3, 0.4) is 0 Å². The number of rotatable bonds is 9. The summed E-state index contributed by atoms with van der Waals surface area (Å²) in [5.41, 5.74) is 1.35. The van der Waals surface area contributed by atoms with Crippen LogP contribution in [0, 0.1) is 0 Å². The van der Waals surface area contributed by atoms with Crippen LogP contribution in [0.1, 0.15) is 17.9 Å². The second kappa shape index (κ2) is 11.4. The number of halogens is 1. The summed E-state index contributed by atoms with van der Waals surface area (Å²) in [5, 5.41) is 4.52. The fourth-order valence-electron chi connectivity index (χ4n) is 3.83. The van der Waals surface area contributed by atoms with Gasteiger partial charge in [-0.25, -0.2) is 8.42 Å². The van der Waals surface area contributed by atoms with E-state index in [1.165, 1.54) is 22.4 Å². The number of aryl methyl sites for hydroxylation is 1. The molecule has 0 unspecified atom stereocenters. The predicted molar refractivity (Wildman–Crippen MR) is 132 cm³/mol. The molecule has 1 aliphatic rings. The van der Waals surface area contributed by atoms with Crippen LogP contribution in [0.4, 0.5) is 0 Å². The van der Waals surface area contributed by atoms with Crippen LogP contribution < -0.4 is 4.74 Å². The Hall–Kier alpha value is -2.99. The number of hydrogen-bond donors (Lipinski definition) is 0. The van der Waals surface area contributed by atoms with Gasteiger partial charge >= 0.3 is 0 Å². The van der Waals surface area contributed by atoms with E-state index >= 15 is 0 Å². The standard InChI is InChI=1S/C24H27ClN4O6S/c1-28(16-22-26-24(27-35-22)18-4-3-5-19(25)14-18)23(30)9-6-17-15-20(7-8-21(17)33-2)36(31,32)29-10-12-34-13-11-29/h3-5,7-8,14-15H,6,9-13,16H2,1-2H3. The summed E-state index contributed by atoms with van der Waals surface area (Å²) in [5.74, 6) is 1.03. The smallest absolute Gasteiger partial charge is 0.246 e. The highest BCUT2D eigenvalue weighted by atomic mass is 35.5. The highest BCUT2D eigenvalue weighted by Gasteiger charge is 2.27. The molecule has 36 heavy (non-hydrogen) atoms. The molecular formula is C24H27ClN4O6S. The number of ether oxygens (including phenoxy) is 2. The minimum absolute atomic E-state index is 0.134. The van der Waals surface area contributed by atoms with E-state index in [9.17, 15) is 13.2 Å². The minimum Gasteiger partial charge on any atom is -0.496 e. The van der Waals surface area contributed by atoms with Gasteiger partial charge in [-0.2, -0.15) is 9.29 Å². The van der Waals surface area contributed by atoms with Crippen molar-refractivity contribution in [2.45, 2.75) is 24.3 Å². The first kappa shape index (κ1) is 26.1. The number of morpholine rings is 1. The van der Waals surface area contributed by atoms with Crippen LogP contribution in [0.25, 0.3) is 11.4 Å². The van der Waals surface area contributed by atoms with Crippen LogP contribution >= 0.6 is 11.6 Å². The zero-order valence-corrected chi connectivity index (χ0v) is 21.6. The predicted octanol–water partition coefficient (Wildman–Crippen LogP) is 3.01. The molecule has 1 aromatic heterocycles. The summed E-state index contributed by atoms with van der Waals surface area (Å²) in [6, 6.07) is 11.8. The third kappa shape index (κ3) is 6.04. The maximum atomic E-state index is 13.0. The van der Waals surface area contributed by atoms with Crippen LogP contribution in [-0.4, -0.2) is 74.1 Å². The van der Waals surface area contributed by atoms with Gasteiger partial charge in [0.2, 0.25) is 27.6 Å².